The van der Waals surface area contributed by atoms with E-state index in [1.54, 1.807) is 35.2 Å². The molecule has 4 rings (SSSR count). The predicted octanol–water partition coefficient (Wildman–Crippen LogP) is 1.72. The van der Waals surface area contributed by atoms with Crippen molar-refractivity contribution in [2.75, 3.05) is 19.6 Å². The molecule has 31 heavy (non-hydrogen) atoms. The highest BCUT2D eigenvalue weighted by molar-refractivity contribution is 7.89. The van der Waals surface area contributed by atoms with Crippen LogP contribution in [0.3, 0.4) is 0 Å². The first-order chi connectivity index (χ1) is 15.0. The summed E-state index contributed by atoms with van der Waals surface area (Å²) in [6.45, 7) is 2.83. The molecule has 0 bridgehead atoms. The van der Waals surface area contributed by atoms with E-state index in [1.807, 2.05) is 12.1 Å². The number of carbonyl (C=O) groups excluding carboxylic acids is 1. The second kappa shape index (κ2) is 9.18. The van der Waals surface area contributed by atoms with Gasteiger partial charge in [-0.15, -0.1) is 0 Å². The fourth-order valence-corrected chi connectivity index (χ4v) is 5.46. The van der Waals surface area contributed by atoms with E-state index in [-0.39, 0.29) is 17.2 Å². The van der Waals surface area contributed by atoms with Crippen molar-refractivity contribution in [2.45, 2.75) is 43.2 Å². The number of amides is 1. The van der Waals surface area contributed by atoms with Gasteiger partial charge in [-0.25, -0.2) is 8.42 Å². The Hall–Kier alpha value is -2.73. The summed E-state index contributed by atoms with van der Waals surface area (Å²) in [7, 11) is -3.89. The van der Waals surface area contributed by atoms with Gasteiger partial charge in [0.25, 0.3) is 0 Å². The first-order valence-electron chi connectivity index (χ1n) is 10.6. The molecule has 2 heterocycles. The van der Waals surface area contributed by atoms with Gasteiger partial charge in [-0.3, -0.25) is 4.79 Å². The zero-order valence-electron chi connectivity index (χ0n) is 17.3. The van der Waals surface area contributed by atoms with Crippen LogP contribution in [0.5, 0.6) is 0 Å². The molecule has 2 aliphatic heterocycles. The van der Waals surface area contributed by atoms with Gasteiger partial charge in [0.1, 0.15) is 6.04 Å². The van der Waals surface area contributed by atoms with Crippen molar-refractivity contribution in [2.24, 2.45) is 0 Å². The number of hydrogen-bond acceptors (Lipinski definition) is 5. The van der Waals surface area contributed by atoms with Crippen LogP contribution in [0.4, 0.5) is 0 Å². The van der Waals surface area contributed by atoms with Crippen molar-refractivity contribution < 1.29 is 13.2 Å². The van der Waals surface area contributed by atoms with Crippen molar-refractivity contribution in [3.05, 3.63) is 64.7 Å². The maximum atomic E-state index is 13.2. The first kappa shape index (κ1) is 21.5. The minimum Gasteiger partial charge on any atom is -0.341 e. The van der Waals surface area contributed by atoms with Gasteiger partial charge in [0.2, 0.25) is 15.9 Å². The van der Waals surface area contributed by atoms with Gasteiger partial charge in [-0.2, -0.15) is 9.98 Å². The fourth-order valence-electron chi connectivity index (χ4n) is 4.22. The molecule has 162 valence electrons. The van der Waals surface area contributed by atoms with Gasteiger partial charge < -0.3 is 10.2 Å². The third kappa shape index (κ3) is 4.96. The number of fused-ring (bicyclic) bond motifs is 1. The molecule has 1 atom stereocenters. The Kier molecular flexibility index (Phi) is 6.37. The summed E-state index contributed by atoms with van der Waals surface area (Å²) in [5.41, 5.74) is 3.35. The summed E-state index contributed by atoms with van der Waals surface area (Å²) >= 11 is 0. The van der Waals surface area contributed by atoms with Crippen LogP contribution in [0.1, 0.15) is 35.1 Å². The minimum absolute atomic E-state index is 0.179. The van der Waals surface area contributed by atoms with Gasteiger partial charge in [-0.1, -0.05) is 18.2 Å². The van der Waals surface area contributed by atoms with E-state index in [0.717, 1.165) is 49.0 Å². The number of nitriles is 1. The highest BCUT2D eigenvalue weighted by Crippen LogP contribution is 2.21. The Labute approximate surface area is 183 Å². The quantitative estimate of drug-likeness (QED) is 0.715. The molecule has 0 aliphatic carbocycles. The Morgan fingerprint density at radius 2 is 1.97 bits per heavy atom. The molecule has 8 heteroatoms. The van der Waals surface area contributed by atoms with Crippen LogP contribution < -0.4 is 10.0 Å². The molecule has 0 unspecified atom stereocenters. The highest BCUT2D eigenvalue weighted by atomic mass is 32.2. The summed E-state index contributed by atoms with van der Waals surface area (Å²) in [5.74, 6) is -0.217. The second-order valence-electron chi connectivity index (χ2n) is 8.08. The number of nitrogens with zero attached hydrogens (tertiary/aromatic N) is 2. The van der Waals surface area contributed by atoms with Gasteiger partial charge in [0, 0.05) is 19.6 Å². The summed E-state index contributed by atoms with van der Waals surface area (Å²) in [5, 5.41) is 12.4. The standard InChI is InChI=1S/C23H26N4O3S/c24-15-18-5-3-4-17(12-18)13-22(23(28)27-10-1-2-11-27)26-31(29,30)21-7-6-20-16-25-9-8-19(20)14-21/h3-7,12,14,22,25-26H,1-2,8-11,13,16H2/t22-/m1/s1. The van der Waals surface area contributed by atoms with E-state index >= 15 is 0 Å². The second-order valence-corrected chi connectivity index (χ2v) is 9.79. The monoisotopic (exact) mass is 438 g/mol. The minimum atomic E-state index is -3.89. The molecule has 1 saturated heterocycles. The predicted molar refractivity (Wildman–Crippen MR) is 117 cm³/mol. The maximum Gasteiger partial charge on any atom is 0.241 e. The molecule has 2 aromatic rings. The van der Waals surface area contributed by atoms with Gasteiger partial charge in [0.05, 0.1) is 16.5 Å². The molecule has 0 spiro atoms. The van der Waals surface area contributed by atoms with Crippen molar-refractivity contribution in [1.82, 2.24) is 14.9 Å². The molecule has 2 aliphatic rings. The topological polar surface area (TPSA) is 102 Å². The Morgan fingerprint density at radius 3 is 2.74 bits per heavy atom. The summed E-state index contributed by atoms with van der Waals surface area (Å²) in [6, 6.07) is 13.3. The molecule has 0 aromatic heterocycles. The van der Waals surface area contributed by atoms with Crippen LogP contribution in [-0.2, 0) is 34.2 Å². The van der Waals surface area contributed by atoms with Gasteiger partial charge >= 0.3 is 0 Å². The number of likely N-dealkylation sites (tertiary alicyclic amines) is 1. The number of rotatable bonds is 6. The molecular formula is C23H26N4O3S. The van der Waals surface area contributed by atoms with Crippen molar-refractivity contribution in [1.29, 1.82) is 5.26 Å². The Bertz CT molecular complexity index is 1120. The van der Waals surface area contributed by atoms with Crippen LogP contribution in [0.15, 0.2) is 47.4 Å². The van der Waals surface area contributed by atoms with Crippen molar-refractivity contribution >= 4 is 15.9 Å². The third-order valence-corrected chi connectivity index (χ3v) is 7.35. The fraction of sp³-hybridized carbons (Fsp3) is 0.391. The largest absolute Gasteiger partial charge is 0.341 e. The number of benzene rings is 2. The average molecular weight is 439 g/mol. The number of hydrogen-bond donors (Lipinski definition) is 2. The lowest BCUT2D eigenvalue weighted by atomic mass is 10.0. The van der Waals surface area contributed by atoms with Gasteiger partial charge in [0.15, 0.2) is 0 Å². The molecule has 2 aromatic carbocycles. The lowest BCUT2D eigenvalue weighted by molar-refractivity contribution is -0.131. The van der Waals surface area contributed by atoms with Crippen LogP contribution >= 0.6 is 0 Å². The molecule has 1 amide bonds. The Balaban J connectivity index is 1.61. The SMILES string of the molecule is N#Cc1cccc(C[C@@H](NS(=O)(=O)c2ccc3c(c2)CCNC3)C(=O)N2CCCC2)c1. The van der Waals surface area contributed by atoms with E-state index in [2.05, 4.69) is 16.1 Å². The van der Waals surface area contributed by atoms with E-state index in [9.17, 15) is 13.2 Å². The molecular weight excluding hydrogens is 412 g/mol. The zero-order chi connectivity index (χ0) is 21.8. The maximum absolute atomic E-state index is 13.2. The Morgan fingerprint density at radius 1 is 1.16 bits per heavy atom. The molecule has 0 saturated carbocycles. The summed E-state index contributed by atoms with van der Waals surface area (Å²) in [4.78, 5) is 15.1. The smallest absolute Gasteiger partial charge is 0.241 e. The molecule has 7 nitrogen and oxygen atoms in total. The van der Waals surface area contributed by atoms with Gasteiger partial charge in [-0.05, 0) is 73.2 Å². The number of carbonyl (C=O) groups is 1. The van der Waals surface area contributed by atoms with E-state index in [0.29, 0.717) is 18.7 Å². The average Bonchev–Trinajstić information content (AvgIpc) is 3.33. The molecule has 1 fully saturated rings. The number of nitrogens with one attached hydrogen (secondary N) is 2. The molecule has 0 radical (unpaired) electrons. The first-order valence-corrected chi connectivity index (χ1v) is 12.1. The van der Waals surface area contributed by atoms with Crippen molar-refractivity contribution in [3.63, 3.8) is 0 Å². The zero-order valence-corrected chi connectivity index (χ0v) is 18.1. The lowest BCUT2D eigenvalue weighted by Gasteiger charge is -2.24. The van der Waals surface area contributed by atoms with E-state index in [1.165, 1.54) is 0 Å². The highest BCUT2D eigenvalue weighted by Gasteiger charge is 2.31. The van der Waals surface area contributed by atoms with Crippen LogP contribution in [-0.4, -0.2) is 44.9 Å². The number of sulfonamides is 1. The van der Waals surface area contributed by atoms with E-state index < -0.39 is 16.1 Å². The van der Waals surface area contributed by atoms with E-state index in [4.69, 9.17) is 5.26 Å². The van der Waals surface area contributed by atoms with Crippen molar-refractivity contribution in [3.8, 4) is 6.07 Å². The van der Waals surface area contributed by atoms with Crippen LogP contribution in [0.2, 0.25) is 0 Å². The normalized spacial score (nSPS) is 17.1. The third-order valence-electron chi connectivity index (χ3n) is 5.88. The van der Waals surface area contributed by atoms with Crippen LogP contribution in [0.25, 0.3) is 0 Å². The molecule has 2 N–H and O–H groups in total. The summed E-state index contributed by atoms with van der Waals surface area (Å²) in [6.07, 6.45) is 2.82. The van der Waals surface area contributed by atoms with Crippen LogP contribution in [0, 0.1) is 11.3 Å². The summed E-state index contributed by atoms with van der Waals surface area (Å²) < 4.78 is 29.1. The lowest BCUT2D eigenvalue weighted by Crippen LogP contribution is -2.48.